The van der Waals surface area contributed by atoms with Crippen LogP contribution in [0.5, 0.6) is 0 Å². The molecule has 0 spiro atoms. The molecule has 0 N–H and O–H groups in total. The number of carbonyl (C=O) groups is 2. The molecule has 3 heterocycles. The van der Waals surface area contributed by atoms with Crippen LogP contribution in [0.1, 0.15) is 48.9 Å². The summed E-state index contributed by atoms with van der Waals surface area (Å²) >= 11 is 0. The highest BCUT2D eigenvalue weighted by atomic mass is 16.7. The molecule has 4 rings (SSSR count). The van der Waals surface area contributed by atoms with Gasteiger partial charge in [-0.1, -0.05) is 18.2 Å². The van der Waals surface area contributed by atoms with Gasteiger partial charge in [-0.15, -0.1) is 0 Å². The Balaban J connectivity index is 1.20. The maximum absolute atomic E-state index is 12.8. The minimum atomic E-state index is -0.196. The number of amides is 2. The number of hydrogen-bond donors (Lipinski definition) is 0. The molecule has 2 amide bonds. The highest BCUT2D eigenvalue weighted by molar-refractivity contribution is 5.93. The summed E-state index contributed by atoms with van der Waals surface area (Å²) in [6.07, 6.45) is 5.65. The van der Waals surface area contributed by atoms with Gasteiger partial charge < -0.3 is 14.5 Å². The fourth-order valence-corrected chi connectivity index (χ4v) is 5.12. The quantitative estimate of drug-likeness (QED) is 0.651. The summed E-state index contributed by atoms with van der Waals surface area (Å²) in [6.45, 7) is 5.45. The Labute approximate surface area is 185 Å². The predicted octanol–water partition coefficient (Wildman–Crippen LogP) is 2.57. The Bertz CT molecular complexity index is 722. The molecule has 1 atom stereocenters. The number of ether oxygens (including phenoxy) is 1. The van der Waals surface area contributed by atoms with Gasteiger partial charge in [0.25, 0.3) is 11.8 Å². The summed E-state index contributed by atoms with van der Waals surface area (Å²) in [5, 5.41) is 1.56. The first-order chi connectivity index (χ1) is 15.2. The monoisotopic (exact) mass is 429 g/mol. The van der Waals surface area contributed by atoms with E-state index in [-0.39, 0.29) is 24.0 Å². The number of carbonyl (C=O) groups excluding carboxylic acids is 2. The standard InChI is InChI=1S/C24H35N3O4/c1-30-27(23(28)20-6-3-2-4-7-20)21-11-13-25(14-12-21)18-19-9-15-26(16-10-19)24(29)22-8-5-17-31-22/h2-4,6-7,19,21-22H,5,8-18H2,1H3. The van der Waals surface area contributed by atoms with E-state index in [0.717, 1.165) is 77.9 Å². The Kier molecular flexibility index (Phi) is 7.58. The molecule has 170 valence electrons. The third-order valence-corrected chi connectivity index (χ3v) is 6.95. The molecule has 7 nitrogen and oxygen atoms in total. The molecular formula is C24H35N3O4. The number of benzene rings is 1. The minimum absolute atomic E-state index is 0.0650. The van der Waals surface area contributed by atoms with Crippen LogP contribution in [-0.2, 0) is 14.4 Å². The van der Waals surface area contributed by atoms with Gasteiger partial charge in [-0.3, -0.25) is 14.4 Å². The molecule has 1 aromatic carbocycles. The molecule has 31 heavy (non-hydrogen) atoms. The second kappa shape index (κ2) is 10.6. The molecule has 0 bridgehead atoms. The van der Waals surface area contributed by atoms with Crippen molar-refractivity contribution in [3.63, 3.8) is 0 Å². The fourth-order valence-electron chi connectivity index (χ4n) is 5.12. The first kappa shape index (κ1) is 22.2. The van der Waals surface area contributed by atoms with E-state index in [1.54, 1.807) is 12.2 Å². The summed E-state index contributed by atoms with van der Waals surface area (Å²) < 4.78 is 5.56. The summed E-state index contributed by atoms with van der Waals surface area (Å²) in [6, 6.07) is 9.45. The van der Waals surface area contributed by atoms with Crippen molar-refractivity contribution >= 4 is 11.8 Å². The fraction of sp³-hybridized carbons (Fsp3) is 0.667. The molecule has 7 heteroatoms. The molecule has 1 aromatic rings. The Morgan fingerprint density at radius 3 is 2.35 bits per heavy atom. The number of likely N-dealkylation sites (tertiary alicyclic amines) is 2. The van der Waals surface area contributed by atoms with E-state index >= 15 is 0 Å². The molecule has 3 saturated heterocycles. The van der Waals surface area contributed by atoms with E-state index in [0.29, 0.717) is 11.5 Å². The summed E-state index contributed by atoms with van der Waals surface area (Å²) in [5.74, 6) is 0.763. The van der Waals surface area contributed by atoms with E-state index in [4.69, 9.17) is 9.57 Å². The highest BCUT2D eigenvalue weighted by Crippen LogP contribution is 2.25. The van der Waals surface area contributed by atoms with Crippen LogP contribution in [0.15, 0.2) is 30.3 Å². The molecular weight excluding hydrogens is 394 g/mol. The number of rotatable bonds is 6. The van der Waals surface area contributed by atoms with Crippen molar-refractivity contribution in [3.05, 3.63) is 35.9 Å². The average Bonchev–Trinajstić information content (AvgIpc) is 3.36. The highest BCUT2D eigenvalue weighted by Gasteiger charge is 2.33. The maximum Gasteiger partial charge on any atom is 0.277 e. The second-order valence-electron chi connectivity index (χ2n) is 8.98. The summed E-state index contributed by atoms with van der Waals surface area (Å²) in [4.78, 5) is 35.3. The molecule has 0 aromatic heterocycles. The molecule has 1 unspecified atom stereocenters. The van der Waals surface area contributed by atoms with E-state index < -0.39 is 0 Å². The third-order valence-electron chi connectivity index (χ3n) is 6.95. The van der Waals surface area contributed by atoms with Crippen LogP contribution in [0.3, 0.4) is 0 Å². The van der Waals surface area contributed by atoms with Gasteiger partial charge in [0.15, 0.2) is 0 Å². The number of hydroxylamine groups is 2. The third kappa shape index (κ3) is 5.45. The van der Waals surface area contributed by atoms with E-state index in [1.165, 1.54) is 0 Å². The smallest absolute Gasteiger partial charge is 0.277 e. The van der Waals surface area contributed by atoms with Crippen molar-refractivity contribution in [2.75, 3.05) is 46.4 Å². The van der Waals surface area contributed by atoms with E-state index in [9.17, 15) is 9.59 Å². The van der Waals surface area contributed by atoms with Crippen molar-refractivity contribution < 1.29 is 19.2 Å². The van der Waals surface area contributed by atoms with Gasteiger partial charge in [0.1, 0.15) is 6.10 Å². The molecule has 0 saturated carbocycles. The Hall–Kier alpha value is -1.96. The summed E-state index contributed by atoms with van der Waals surface area (Å²) in [5.41, 5.74) is 0.663. The first-order valence-corrected chi connectivity index (χ1v) is 11.7. The second-order valence-corrected chi connectivity index (χ2v) is 8.98. The molecule has 3 aliphatic rings. The molecule has 3 fully saturated rings. The predicted molar refractivity (Wildman–Crippen MR) is 117 cm³/mol. The summed E-state index contributed by atoms with van der Waals surface area (Å²) in [7, 11) is 1.58. The van der Waals surface area contributed by atoms with Crippen molar-refractivity contribution in [2.45, 2.75) is 50.7 Å². The van der Waals surface area contributed by atoms with Gasteiger partial charge >= 0.3 is 0 Å². The lowest BCUT2D eigenvalue weighted by Gasteiger charge is -2.40. The lowest BCUT2D eigenvalue weighted by atomic mass is 9.94. The van der Waals surface area contributed by atoms with Crippen LogP contribution >= 0.6 is 0 Å². The molecule has 3 aliphatic heterocycles. The van der Waals surface area contributed by atoms with Crippen molar-refractivity contribution in [2.24, 2.45) is 5.92 Å². The van der Waals surface area contributed by atoms with Crippen molar-refractivity contribution in [3.8, 4) is 0 Å². The Morgan fingerprint density at radius 2 is 1.74 bits per heavy atom. The van der Waals surface area contributed by atoms with Crippen molar-refractivity contribution in [1.29, 1.82) is 0 Å². The Morgan fingerprint density at radius 1 is 1.03 bits per heavy atom. The average molecular weight is 430 g/mol. The number of hydrogen-bond acceptors (Lipinski definition) is 5. The van der Waals surface area contributed by atoms with Gasteiger partial charge in [0.05, 0.1) is 13.2 Å². The zero-order chi connectivity index (χ0) is 21.6. The van der Waals surface area contributed by atoms with Crippen LogP contribution in [0.25, 0.3) is 0 Å². The first-order valence-electron chi connectivity index (χ1n) is 11.7. The van der Waals surface area contributed by atoms with Gasteiger partial charge in [-0.05, 0) is 56.6 Å². The van der Waals surface area contributed by atoms with Gasteiger partial charge in [-0.25, -0.2) is 5.06 Å². The van der Waals surface area contributed by atoms with Crippen LogP contribution in [-0.4, -0.2) is 85.3 Å². The normalized spacial score (nSPS) is 23.8. The topological polar surface area (TPSA) is 62.3 Å². The zero-order valence-corrected chi connectivity index (χ0v) is 18.6. The number of piperidine rings is 2. The van der Waals surface area contributed by atoms with Gasteiger partial charge in [0.2, 0.25) is 0 Å². The molecule has 0 radical (unpaired) electrons. The van der Waals surface area contributed by atoms with Crippen molar-refractivity contribution in [1.82, 2.24) is 14.9 Å². The van der Waals surface area contributed by atoms with Crippen LogP contribution in [0.2, 0.25) is 0 Å². The van der Waals surface area contributed by atoms with E-state index in [2.05, 4.69) is 4.90 Å². The lowest BCUT2D eigenvalue weighted by Crippen LogP contribution is -2.49. The van der Waals surface area contributed by atoms with Crippen LogP contribution < -0.4 is 0 Å². The van der Waals surface area contributed by atoms with Gasteiger partial charge in [0, 0.05) is 44.9 Å². The number of nitrogens with zero attached hydrogens (tertiary/aromatic N) is 3. The maximum atomic E-state index is 12.8. The van der Waals surface area contributed by atoms with Crippen LogP contribution in [0, 0.1) is 5.92 Å². The lowest BCUT2D eigenvalue weighted by molar-refractivity contribution is -0.142. The zero-order valence-electron chi connectivity index (χ0n) is 18.6. The minimum Gasteiger partial charge on any atom is -0.368 e. The SMILES string of the molecule is CON(C(=O)c1ccccc1)C1CCN(CC2CCN(C(=O)C3CCCO3)CC2)CC1. The van der Waals surface area contributed by atoms with E-state index in [1.807, 2.05) is 35.2 Å². The van der Waals surface area contributed by atoms with Crippen LogP contribution in [0.4, 0.5) is 0 Å². The largest absolute Gasteiger partial charge is 0.368 e. The molecule has 0 aliphatic carbocycles. The van der Waals surface area contributed by atoms with Gasteiger partial charge in [-0.2, -0.15) is 0 Å².